The maximum atomic E-state index is 11.2. The third kappa shape index (κ3) is 2.71. The number of aliphatic hydroxyl groups excluding tert-OH is 1. The second kappa shape index (κ2) is 4.76. The van der Waals surface area contributed by atoms with Gasteiger partial charge in [0.2, 0.25) is 0 Å². The van der Waals surface area contributed by atoms with Crippen LogP contribution in [0.15, 0.2) is 0 Å². The Hall–Kier alpha value is -0.170. The summed E-state index contributed by atoms with van der Waals surface area (Å²) in [5.41, 5.74) is -1.43. The summed E-state index contributed by atoms with van der Waals surface area (Å²) in [6.07, 6.45) is 0. The molecule has 0 saturated carbocycles. The van der Waals surface area contributed by atoms with Crippen LogP contribution in [-0.2, 0) is 14.9 Å². The van der Waals surface area contributed by atoms with Crippen LogP contribution in [0, 0.1) is 0 Å². The number of rotatable bonds is 5. The topological polar surface area (TPSA) is 66.8 Å². The molecule has 74 valence electrons. The van der Waals surface area contributed by atoms with Crippen molar-refractivity contribution in [2.24, 2.45) is 0 Å². The van der Waals surface area contributed by atoms with Crippen molar-refractivity contribution < 1.29 is 18.4 Å². The summed E-state index contributed by atoms with van der Waals surface area (Å²) in [5.74, 6) is 0. The Morgan fingerprint density at radius 3 is 2.25 bits per heavy atom. The summed E-state index contributed by atoms with van der Waals surface area (Å²) in [7, 11) is -3.68. The number of hydroxylamine groups is 1. The molecule has 0 aliphatic carbocycles. The van der Waals surface area contributed by atoms with E-state index in [1.165, 1.54) is 6.92 Å². The van der Waals surface area contributed by atoms with Gasteiger partial charge in [-0.25, -0.2) is 8.42 Å². The molecule has 1 unspecified atom stereocenters. The van der Waals surface area contributed by atoms with Crippen molar-refractivity contribution >= 4 is 10.0 Å². The lowest BCUT2D eigenvalue weighted by molar-refractivity contribution is -0.0774. The summed E-state index contributed by atoms with van der Waals surface area (Å²) in [5, 5.41) is 8.90. The molecule has 0 amide bonds. The van der Waals surface area contributed by atoms with E-state index in [0.717, 1.165) is 4.47 Å². The largest absolute Gasteiger partial charge is 0.376 e. The second-order valence-electron chi connectivity index (χ2n) is 2.18. The highest BCUT2D eigenvalue weighted by Gasteiger charge is 2.26. The van der Waals surface area contributed by atoms with Gasteiger partial charge in [0.05, 0.1) is 6.61 Å². The Kier molecular flexibility index (Phi) is 4.69. The molecule has 0 rings (SSSR count). The first-order valence-corrected chi connectivity index (χ1v) is 5.29. The van der Waals surface area contributed by atoms with E-state index in [0.29, 0.717) is 0 Å². The minimum Gasteiger partial charge on any atom is -0.376 e. The maximum Gasteiger partial charge on any atom is 0.262 e. The molecule has 6 heteroatoms. The summed E-state index contributed by atoms with van der Waals surface area (Å²) in [4.78, 5) is 4.80. The van der Waals surface area contributed by atoms with E-state index in [1.807, 2.05) is 0 Å². The zero-order chi connectivity index (χ0) is 9.78. The van der Waals surface area contributed by atoms with Crippen molar-refractivity contribution in [2.75, 3.05) is 13.2 Å². The molecule has 0 aliphatic heterocycles. The van der Waals surface area contributed by atoms with Crippen LogP contribution in [0.5, 0.6) is 0 Å². The Morgan fingerprint density at radius 1 is 1.50 bits per heavy atom. The van der Waals surface area contributed by atoms with Crippen LogP contribution in [0.1, 0.15) is 20.8 Å². The van der Waals surface area contributed by atoms with Gasteiger partial charge in [0.15, 0.2) is 5.44 Å². The van der Waals surface area contributed by atoms with Crippen LogP contribution in [0.2, 0.25) is 0 Å². The number of hydrogen-bond donors (Lipinski definition) is 1. The number of aliphatic hydroxyl groups is 1. The molecular formula is C6H15NO4S. The first-order valence-electron chi connectivity index (χ1n) is 3.79. The SMILES string of the molecule is CCON(CC)S(=O)(=O)C(C)O. The molecule has 0 spiro atoms. The average Bonchev–Trinajstić information content (AvgIpc) is 1.99. The predicted molar refractivity (Wildman–Crippen MR) is 44.6 cm³/mol. The van der Waals surface area contributed by atoms with Gasteiger partial charge in [-0.3, -0.25) is 4.84 Å². The highest BCUT2D eigenvalue weighted by molar-refractivity contribution is 7.89. The molecule has 0 saturated heterocycles. The Bertz CT molecular complexity index is 212. The van der Waals surface area contributed by atoms with Gasteiger partial charge in [0.25, 0.3) is 10.0 Å². The van der Waals surface area contributed by atoms with Crippen molar-refractivity contribution in [1.82, 2.24) is 4.47 Å². The van der Waals surface area contributed by atoms with E-state index >= 15 is 0 Å². The van der Waals surface area contributed by atoms with Gasteiger partial charge in [-0.05, 0) is 20.8 Å². The van der Waals surface area contributed by atoms with Crippen LogP contribution >= 0.6 is 0 Å². The summed E-state index contributed by atoms with van der Waals surface area (Å²) in [6, 6.07) is 0. The summed E-state index contributed by atoms with van der Waals surface area (Å²) >= 11 is 0. The van der Waals surface area contributed by atoms with Gasteiger partial charge >= 0.3 is 0 Å². The molecule has 0 fully saturated rings. The van der Waals surface area contributed by atoms with Gasteiger partial charge in [-0.1, -0.05) is 4.47 Å². The zero-order valence-corrected chi connectivity index (χ0v) is 8.34. The number of hydrogen-bond acceptors (Lipinski definition) is 4. The number of sulfonamides is 1. The van der Waals surface area contributed by atoms with E-state index in [-0.39, 0.29) is 13.2 Å². The smallest absolute Gasteiger partial charge is 0.262 e. The van der Waals surface area contributed by atoms with E-state index in [9.17, 15) is 8.42 Å². The Morgan fingerprint density at radius 2 is 2.00 bits per heavy atom. The molecule has 0 bridgehead atoms. The highest BCUT2D eigenvalue weighted by atomic mass is 32.2. The van der Waals surface area contributed by atoms with Gasteiger partial charge in [-0.2, -0.15) is 0 Å². The van der Waals surface area contributed by atoms with E-state index in [1.54, 1.807) is 13.8 Å². The minimum absolute atomic E-state index is 0.196. The van der Waals surface area contributed by atoms with Gasteiger partial charge < -0.3 is 5.11 Å². The van der Waals surface area contributed by atoms with Gasteiger partial charge in [0.1, 0.15) is 0 Å². The highest BCUT2D eigenvalue weighted by Crippen LogP contribution is 2.06. The normalized spacial score (nSPS) is 15.1. The fourth-order valence-electron chi connectivity index (χ4n) is 0.659. The van der Waals surface area contributed by atoms with E-state index < -0.39 is 15.5 Å². The van der Waals surface area contributed by atoms with Crippen LogP contribution in [-0.4, -0.2) is 36.6 Å². The molecule has 5 nitrogen and oxygen atoms in total. The molecule has 1 N–H and O–H groups in total. The fraction of sp³-hybridized carbons (Fsp3) is 1.00. The third-order valence-electron chi connectivity index (χ3n) is 1.25. The maximum absolute atomic E-state index is 11.2. The molecule has 0 radical (unpaired) electrons. The van der Waals surface area contributed by atoms with Crippen molar-refractivity contribution in [3.63, 3.8) is 0 Å². The van der Waals surface area contributed by atoms with Gasteiger partial charge in [0, 0.05) is 6.54 Å². The molecule has 0 aliphatic rings. The fourth-order valence-corrected chi connectivity index (χ4v) is 1.61. The number of nitrogens with zero attached hydrogens (tertiary/aromatic N) is 1. The quantitative estimate of drug-likeness (QED) is 0.626. The molecule has 1 atom stereocenters. The van der Waals surface area contributed by atoms with Crippen molar-refractivity contribution in [2.45, 2.75) is 26.2 Å². The van der Waals surface area contributed by atoms with Crippen LogP contribution < -0.4 is 0 Å². The first kappa shape index (κ1) is 11.8. The van der Waals surface area contributed by atoms with Crippen LogP contribution in [0.25, 0.3) is 0 Å². The lowest BCUT2D eigenvalue weighted by Crippen LogP contribution is -2.37. The lowest BCUT2D eigenvalue weighted by atomic mass is 10.8. The summed E-state index contributed by atoms with van der Waals surface area (Å²) in [6.45, 7) is 4.97. The van der Waals surface area contributed by atoms with Gasteiger partial charge in [-0.15, -0.1) is 0 Å². The second-order valence-corrected chi connectivity index (χ2v) is 4.30. The lowest BCUT2D eigenvalue weighted by Gasteiger charge is -2.20. The molecule has 0 aromatic carbocycles. The Labute approximate surface area is 72.9 Å². The predicted octanol–water partition coefficient (Wildman–Crippen LogP) is -0.0721. The first-order chi connectivity index (χ1) is 5.46. The Balaban J connectivity index is 4.49. The van der Waals surface area contributed by atoms with E-state index in [4.69, 9.17) is 9.94 Å². The van der Waals surface area contributed by atoms with E-state index in [2.05, 4.69) is 0 Å². The molecule has 0 heterocycles. The average molecular weight is 197 g/mol. The molecule has 0 aromatic rings. The monoisotopic (exact) mass is 197 g/mol. The molecule has 0 aromatic heterocycles. The van der Waals surface area contributed by atoms with Crippen LogP contribution in [0.4, 0.5) is 0 Å². The van der Waals surface area contributed by atoms with Crippen molar-refractivity contribution in [1.29, 1.82) is 0 Å². The van der Waals surface area contributed by atoms with Crippen LogP contribution in [0.3, 0.4) is 0 Å². The molecule has 12 heavy (non-hydrogen) atoms. The standard InChI is InChI=1S/C6H15NO4S/c1-4-7(11-5-2)12(9,10)6(3)8/h6,8H,4-5H2,1-3H3. The third-order valence-corrected chi connectivity index (χ3v) is 3.04. The van der Waals surface area contributed by atoms with Crippen molar-refractivity contribution in [3.8, 4) is 0 Å². The van der Waals surface area contributed by atoms with Crippen molar-refractivity contribution in [3.05, 3.63) is 0 Å². The summed E-state index contributed by atoms with van der Waals surface area (Å²) < 4.78 is 23.2. The zero-order valence-electron chi connectivity index (χ0n) is 7.52. The minimum atomic E-state index is -3.68. The molecular weight excluding hydrogens is 182 g/mol.